The minimum atomic E-state index is -0.0718. The van der Waals surface area contributed by atoms with E-state index in [1.54, 1.807) is 0 Å². The number of amides is 1. The predicted octanol–water partition coefficient (Wildman–Crippen LogP) is 2.01. The van der Waals surface area contributed by atoms with Crippen LogP contribution in [-0.4, -0.2) is 17.4 Å². The molecule has 0 aliphatic carbocycles. The summed E-state index contributed by atoms with van der Waals surface area (Å²) in [5, 5.41) is 2.78. The Morgan fingerprint density at radius 2 is 2.07 bits per heavy atom. The number of carbonyl (C=O) groups excluding carboxylic acids is 1. The molecule has 0 spiro atoms. The number of pyridine rings is 1. The summed E-state index contributed by atoms with van der Waals surface area (Å²) in [4.78, 5) is 16.1. The zero-order valence-corrected chi connectivity index (χ0v) is 9.85. The van der Waals surface area contributed by atoms with Gasteiger partial charge in [-0.1, -0.05) is 13.0 Å². The molecule has 0 bridgehead atoms. The highest BCUT2D eigenvalue weighted by atomic mass is 16.1. The second-order valence-electron chi connectivity index (χ2n) is 3.61. The molecule has 0 aromatic carbocycles. The van der Waals surface area contributed by atoms with Gasteiger partial charge in [0.1, 0.15) is 5.69 Å². The van der Waals surface area contributed by atoms with Gasteiger partial charge >= 0.3 is 0 Å². The smallest absolute Gasteiger partial charge is 0.270 e. The van der Waals surface area contributed by atoms with E-state index in [1.807, 2.05) is 33.8 Å². The third-order valence-corrected chi connectivity index (χ3v) is 2.48. The minimum Gasteiger partial charge on any atom is -0.351 e. The highest BCUT2D eigenvalue weighted by Gasteiger charge is 2.12. The van der Waals surface area contributed by atoms with Crippen LogP contribution in [0.3, 0.4) is 0 Å². The number of aromatic nitrogens is 1. The Labute approximate surface area is 90.9 Å². The fourth-order valence-electron chi connectivity index (χ4n) is 1.47. The van der Waals surface area contributed by atoms with Crippen molar-refractivity contribution in [1.29, 1.82) is 0 Å². The van der Waals surface area contributed by atoms with E-state index < -0.39 is 0 Å². The molecule has 1 rings (SSSR count). The van der Waals surface area contributed by atoms with E-state index in [9.17, 15) is 4.79 Å². The zero-order valence-electron chi connectivity index (χ0n) is 9.85. The van der Waals surface area contributed by atoms with Crippen LogP contribution < -0.4 is 5.32 Å². The van der Waals surface area contributed by atoms with Crippen molar-refractivity contribution in [3.05, 3.63) is 28.6 Å². The van der Waals surface area contributed by atoms with Crippen molar-refractivity contribution >= 4 is 5.91 Å². The normalized spacial score (nSPS) is 10.1. The van der Waals surface area contributed by atoms with E-state index in [4.69, 9.17) is 0 Å². The molecule has 1 heterocycles. The maximum Gasteiger partial charge on any atom is 0.270 e. The molecule has 1 amide bonds. The molecule has 0 aliphatic rings. The van der Waals surface area contributed by atoms with E-state index in [-0.39, 0.29) is 5.91 Å². The Kier molecular flexibility index (Phi) is 3.83. The van der Waals surface area contributed by atoms with E-state index >= 15 is 0 Å². The minimum absolute atomic E-state index is 0.0718. The molecular formula is C12H18N2O. The SMILES string of the molecule is CCNC(=O)c1nc(C)c(C)cc1CC. The van der Waals surface area contributed by atoms with Crippen molar-refractivity contribution in [2.75, 3.05) is 6.54 Å². The number of hydrogen-bond acceptors (Lipinski definition) is 2. The average molecular weight is 206 g/mol. The molecule has 0 saturated carbocycles. The highest BCUT2D eigenvalue weighted by molar-refractivity contribution is 5.93. The Balaban J connectivity index is 3.15. The number of rotatable bonds is 3. The molecule has 0 aliphatic heterocycles. The molecule has 1 N–H and O–H groups in total. The van der Waals surface area contributed by atoms with Crippen LogP contribution in [0.15, 0.2) is 6.07 Å². The highest BCUT2D eigenvalue weighted by Crippen LogP contribution is 2.12. The zero-order chi connectivity index (χ0) is 11.4. The van der Waals surface area contributed by atoms with E-state index in [0.717, 1.165) is 23.2 Å². The first-order valence-corrected chi connectivity index (χ1v) is 5.35. The van der Waals surface area contributed by atoms with Gasteiger partial charge in [-0.15, -0.1) is 0 Å². The molecule has 0 fully saturated rings. The maximum atomic E-state index is 11.7. The summed E-state index contributed by atoms with van der Waals surface area (Å²) >= 11 is 0. The quantitative estimate of drug-likeness (QED) is 0.822. The number of carbonyl (C=O) groups is 1. The molecule has 0 saturated heterocycles. The molecule has 0 unspecified atom stereocenters. The summed E-state index contributed by atoms with van der Waals surface area (Å²) in [5.74, 6) is -0.0718. The van der Waals surface area contributed by atoms with Gasteiger partial charge in [0.25, 0.3) is 5.91 Å². The molecule has 0 radical (unpaired) electrons. The average Bonchev–Trinajstić information content (AvgIpc) is 2.21. The summed E-state index contributed by atoms with van der Waals surface area (Å²) in [5.41, 5.74) is 3.65. The van der Waals surface area contributed by atoms with Gasteiger partial charge in [0.15, 0.2) is 0 Å². The van der Waals surface area contributed by atoms with Crippen LogP contribution in [0, 0.1) is 13.8 Å². The molecule has 3 nitrogen and oxygen atoms in total. The number of nitrogens with one attached hydrogen (secondary N) is 1. The van der Waals surface area contributed by atoms with Crippen LogP contribution in [0.5, 0.6) is 0 Å². The van der Waals surface area contributed by atoms with Crippen molar-refractivity contribution in [1.82, 2.24) is 10.3 Å². The summed E-state index contributed by atoms with van der Waals surface area (Å²) in [6.45, 7) is 8.52. The van der Waals surface area contributed by atoms with Gasteiger partial charge in [-0.05, 0) is 38.3 Å². The summed E-state index contributed by atoms with van der Waals surface area (Å²) in [7, 11) is 0. The molecular weight excluding hydrogens is 188 g/mol. The molecule has 1 aromatic heterocycles. The molecule has 1 aromatic rings. The van der Waals surface area contributed by atoms with Crippen LogP contribution >= 0.6 is 0 Å². The Morgan fingerprint density at radius 1 is 1.40 bits per heavy atom. The van der Waals surface area contributed by atoms with Crippen molar-refractivity contribution in [3.63, 3.8) is 0 Å². The third-order valence-electron chi connectivity index (χ3n) is 2.48. The van der Waals surface area contributed by atoms with E-state index in [2.05, 4.69) is 10.3 Å². The number of hydrogen-bond donors (Lipinski definition) is 1. The standard InChI is InChI=1S/C12H18N2O/c1-5-10-7-8(3)9(4)14-11(10)12(15)13-6-2/h7H,5-6H2,1-4H3,(H,13,15). The van der Waals surface area contributed by atoms with Crippen molar-refractivity contribution < 1.29 is 4.79 Å². The summed E-state index contributed by atoms with van der Waals surface area (Å²) in [6.07, 6.45) is 0.834. The van der Waals surface area contributed by atoms with E-state index in [1.165, 1.54) is 0 Å². The lowest BCUT2D eigenvalue weighted by molar-refractivity contribution is 0.0949. The first-order chi connectivity index (χ1) is 7.10. The van der Waals surface area contributed by atoms with Gasteiger partial charge in [-0.3, -0.25) is 4.79 Å². The largest absolute Gasteiger partial charge is 0.351 e. The lowest BCUT2D eigenvalue weighted by Gasteiger charge is -2.09. The summed E-state index contributed by atoms with van der Waals surface area (Å²) in [6, 6.07) is 2.05. The number of aryl methyl sites for hydroxylation is 3. The van der Waals surface area contributed by atoms with Crippen molar-refractivity contribution in [2.45, 2.75) is 34.1 Å². The molecule has 0 atom stereocenters. The van der Waals surface area contributed by atoms with Gasteiger partial charge in [0, 0.05) is 12.2 Å². The fourth-order valence-corrected chi connectivity index (χ4v) is 1.47. The predicted molar refractivity (Wildman–Crippen MR) is 61.1 cm³/mol. The van der Waals surface area contributed by atoms with Crippen LogP contribution in [-0.2, 0) is 6.42 Å². The van der Waals surface area contributed by atoms with Crippen LogP contribution in [0.2, 0.25) is 0 Å². The second kappa shape index (κ2) is 4.91. The topological polar surface area (TPSA) is 42.0 Å². The monoisotopic (exact) mass is 206 g/mol. The lowest BCUT2D eigenvalue weighted by atomic mass is 10.1. The van der Waals surface area contributed by atoms with Gasteiger partial charge < -0.3 is 5.32 Å². The summed E-state index contributed by atoms with van der Waals surface area (Å²) < 4.78 is 0. The molecule has 82 valence electrons. The maximum absolute atomic E-state index is 11.7. The Morgan fingerprint density at radius 3 is 2.60 bits per heavy atom. The van der Waals surface area contributed by atoms with Crippen LogP contribution in [0.25, 0.3) is 0 Å². The van der Waals surface area contributed by atoms with Crippen LogP contribution in [0.1, 0.15) is 41.2 Å². The van der Waals surface area contributed by atoms with Crippen molar-refractivity contribution in [2.24, 2.45) is 0 Å². The first kappa shape index (κ1) is 11.7. The van der Waals surface area contributed by atoms with Gasteiger partial charge in [0.05, 0.1) is 0 Å². The fraction of sp³-hybridized carbons (Fsp3) is 0.500. The Bertz CT molecular complexity index is 372. The van der Waals surface area contributed by atoms with Gasteiger partial charge in [-0.2, -0.15) is 0 Å². The first-order valence-electron chi connectivity index (χ1n) is 5.35. The molecule has 15 heavy (non-hydrogen) atoms. The van der Waals surface area contributed by atoms with Crippen molar-refractivity contribution in [3.8, 4) is 0 Å². The Hall–Kier alpha value is -1.38. The van der Waals surface area contributed by atoms with Gasteiger partial charge in [0.2, 0.25) is 0 Å². The third kappa shape index (κ3) is 2.55. The van der Waals surface area contributed by atoms with E-state index in [0.29, 0.717) is 12.2 Å². The van der Waals surface area contributed by atoms with Crippen LogP contribution in [0.4, 0.5) is 0 Å². The molecule has 3 heteroatoms. The second-order valence-corrected chi connectivity index (χ2v) is 3.61. The lowest BCUT2D eigenvalue weighted by Crippen LogP contribution is -2.25. The number of nitrogens with zero attached hydrogens (tertiary/aromatic N) is 1. The van der Waals surface area contributed by atoms with Gasteiger partial charge in [-0.25, -0.2) is 4.98 Å².